The molecule has 0 aromatic carbocycles. The summed E-state index contributed by atoms with van der Waals surface area (Å²) in [6.45, 7) is 5.99. The highest BCUT2D eigenvalue weighted by molar-refractivity contribution is 5.50. The van der Waals surface area contributed by atoms with Gasteiger partial charge in [0.1, 0.15) is 5.82 Å². The van der Waals surface area contributed by atoms with Crippen molar-refractivity contribution in [3.05, 3.63) is 29.6 Å². The smallest absolute Gasteiger partial charge is 0.110 e. The van der Waals surface area contributed by atoms with Gasteiger partial charge in [-0.2, -0.15) is 0 Å². The zero-order chi connectivity index (χ0) is 8.72. The number of imidazole rings is 1. The highest BCUT2D eigenvalue weighted by Gasteiger charge is 2.02. The molecule has 0 aliphatic carbocycles. The van der Waals surface area contributed by atoms with E-state index in [1.54, 1.807) is 0 Å². The lowest BCUT2D eigenvalue weighted by Crippen LogP contribution is -1.95. The summed E-state index contributed by atoms with van der Waals surface area (Å²) in [5.41, 5.74) is 3.16. The van der Waals surface area contributed by atoms with E-state index < -0.39 is 0 Å². The van der Waals surface area contributed by atoms with Crippen molar-refractivity contribution in [3.8, 4) is 0 Å². The van der Waals surface area contributed by atoms with Crippen LogP contribution in [-0.4, -0.2) is 14.4 Å². The van der Waals surface area contributed by atoms with E-state index in [9.17, 15) is 0 Å². The summed E-state index contributed by atoms with van der Waals surface area (Å²) < 4.78 is 2.07. The van der Waals surface area contributed by atoms with Gasteiger partial charge in [0.15, 0.2) is 0 Å². The van der Waals surface area contributed by atoms with Crippen molar-refractivity contribution in [1.82, 2.24) is 14.4 Å². The van der Waals surface area contributed by atoms with Crippen molar-refractivity contribution in [1.29, 1.82) is 0 Å². The van der Waals surface area contributed by atoms with Crippen LogP contribution in [0.15, 0.2) is 12.4 Å². The first-order valence-electron chi connectivity index (χ1n) is 3.96. The first-order chi connectivity index (χ1) is 5.68. The highest BCUT2D eigenvalue weighted by Crippen LogP contribution is 2.10. The molecule has 62 valence electrons. The van der Waals surface area contributed by atoms with Gasteiger partial charge in [0.05, 0.1) is 23.1 Å². The number of nitrogens with zero attached hydrogens (tertiary/aromatic N) is 3. The van der Waals surface area contributed by atoms with E-state index in [4.69, 9.17) is 0 Å². The third kappa shape index (κ3) is 0.897. The number of fused-ring (bicyclic) bond motifs is 1. The molecule has 0 aliphatic heterocycles. The minimum atomic E-state index is 1.01. The molecule has 0 bridgehead atoms. The standard InChI is InChI=1S/C9H11N3/c1-6-5-12-8(3)10-4-9(12)7(2)11-6/h4-5H,1-3H3. The number of aromatic nitrogens is 3. The van der Waals surface area contributed by atoms with Crippen molar-refractivity contribution in [3.63, 3.8) is 0 Å². The molecule has 0 N–H and O–H groups in total. The van der Waals surface area contributed by atoms with E-state index >= 15 is 0 Å². The summed E-state index contributed by atoms with van der Waals surface area (Å²) in [5, 5.41) is 0. The van der Waals surface area contributed by atoms with Crippen LogP contribution in [0.3, 0.4) is 0 Å². The van der Waals surface area contributed by atoms with Crippen molar-refractivity contribution in [2.45, 2.75) is 20.8 Å². The van der Waals surface area contributed by atoms with Gasteiger partial charge in [0.25, 0.3) is 0 Å². The summed E-state index contributed by atoms with van der Waals surface area (Å²) >= 11 is 0. The predicted molar refractivity (Wildman–Crippen MR) is 47.2 cm³/mol. The van der Waals surface area contributed by atoms with Gasteiger partial charge in [-0.3, -0.25) is 4.98 Å². The molecule has 12 heavy (non-hydrogen) atoms. The maximum absolute atomic E-state index is 4.35. The molecule has 0 fully saturated rings. The number of hydrogen-bond donors (Lipinski definition) is 0. The van der Waals surface area contributed by atoms with Crippen LogP contribution in [0.25, 0.3) is 5.52 Å². The van der Waals surface area contributed by atoms with E-state index in [1.807, 2.05) is 33.2 Å². The Morgan fingerprint density at radius 1 is 1.25 bits per heavy atom. The number of aryl methyl sites for hydroxylation is 3. The van der Waals surface area contributed by atoms with Gasteiger partial charge in [-0.1, -0.05) is 0 Å². The molecule has 0 spiro atoms. The van der Waals surface area contributed by atoms with Crippen LogP contribution in [0.1, 0.15) is 17.2 Å². The lowest BCUT2D eigenvalue weighted by molar-refractivity contribution is 0.983. The lowest BCUT2D eigenvalue weighted by Gasteiger charge is -2.00. The van der Waals surface area contributed by atoms with E-state index in [1.165, 1.54) is 0 Å². The largest absolute Gasteiger partial charge is 0.300 e. The van der Waals surface area contributed by atoms with Crippen LogP contribution < -0.4 is 0 Å². The minimum absolute atomic E-state index is 1.01. The van der Waals surface area contributed by atoms with Crippen LogP contribution in [0.2, 0.25) is 0 Å². The van der Waals surface area contributed by atoms with Crippen molar-refractivity contribution in [2.24, 2.45) is 0 Å². The lowest BCUT2D eigenvalue weighted by atomic mass is 10.4. The van der Waals surface area contributed by atoms with Crippen LogP contribution in [0.4, 0.5) is 0 Å². The van der Waals surface area contributed by atoms with Crippen LogP contribution >= 0.6 is 0 Å². The van der Waals surface area contributed by atoms with Gasteiger partial charge in [-0.05, 0) is 20.8 Å². The Labute approximate surface area is 71.1 Å². The molecule has 2 aromatic rings. The molecule has 0 aliphatic rings. The maximum atomic E-state index is 4.35. The summed E-state index contributed by atoms with van der Waals surface area (Å²) in [5.74, 6) is 1.01. The van der Waals surface area contributed by atoms with Crippen molar-refractivity contribution < 1.29 is 0 Å². The molecule has 3 nitrogen and oxygen atoms in total. The molecule has 0 atom stereocenters. The van der Waals surface area contributed by atoms with Gasteiger partial charge in [-0.25, -0.2) is 4.98 Å². The van der Waals surface area contributed by atoms with Gasteiger partial charge in [0, 0.05) is 6.20 Å². The predicted octanol–water partition coefficient (Wildman–Crippen LogP) is 1.65. The molecule has 0 unspecified atom stereocenters. The van der Waals surface area contributed by atoms with Crippen LogP contribution in [0, 0.1) is 20.8 Å². The average Bonchev–Trinajstić information content (AvgIpc) is 2.33. The van der Waals surface area contributed by atoms with E-state index in [2.05, 4.69) is 14.4 Å². The zero-order valence-corrected chi connectivity index (χ0v) is 7.50. The first-order valence-corrected chi connectivity index (χ1v) is 3.96. The second-order valence-electron chi connectivity index (χ2n) is 3.03. The van der Waals surface area contributed by atoms with Gasteiger partial charge < -0.3 is 4.40 Å². The second kappa shape index (κ2) is 2.30. The van der Waals surface area contributed by atoms with E-state index in [0.29, 0.717) is 0 Å². The maximum Gasteiger partial charge on any atom is 0.110 e. The molecule has 0 radical (unpaired) electrons. The molecule has 0 amide bonds. The third-order valence-corrected chi connectivity index (χ3v) is 2.01. The number of hydrogen-bond acceptors (Lipinski definition) is 2. The summed E-state index contributed by atoms with van der Waals surface area (Å²) in [4.78, 5) is 8.57. The topological polar surface area (TPSA) is 30.2 Å². The van der Waals surface area contributed by atoms with E-state index in [-0.39, 0.29) is 0 Å². The van der Waals surface area contributed by atoms with Gasteiger partial charge in [0.2, 0.25) is 0 Å². The third-order valence-electron chi connectivity index (χ3n) is 2.01. The first kappa shape index (κ1) is 7.28. The SMILES string of the molecule is Cc1cn2c(C)ncc2c(C)n1. The fourth-order valence-corrected chi connectivity index (χ4v) is 1.42. The minimum Gasteiger partial charge on any atom is -0.300 e. The Morgan fingerprint density at radius 3 is 2.75 bits per heavy atom. The second-order valence-corrected chi connectivity index (χ2v) is 3.03. The molecule has 3 heteroatoms. The molecule has 2 heterocycles. The summed E-state index contributed by atoms with van der Waals surface area (Å²) in [6, 6.07) is 0. The highest BCUT2D eigenvalue weighted by atomic mass is 15.0. The Kier molecular flexibility index (Phi) is 1.40. The summed E-state index contributed by atoms with van der Waals surface area (Å²) in [7, 11) is 0. The normalized spacial score (nSPS) is 10.9. The molecule has 0 saturated heterocycles. The monoisotopic (exact) mass is 161 g/mol. The molecule has 0 saturated carbocycles. The fraction of sp³-hybridized carbons (Fsp3) is 0.333. The zero-order valence-electron chi connectivity index (χ0n) is 7.50. The Morgan fingerprint density at radius 2 is 2.00 bits per heavy atom. The van der Waals surface area contributed by atoms with Crippen LogP contribution in [0.5, 0.6) is 0 Å². The Balaban J connectivity index is 2.92. The Bertz CT molecular complexity index is 429. The van der Waals surface area contributed by atoms with Gasteiger partial charge in [-0.15, -0.1) is 0 Å². The molecular weight excluding hydrogens is 150 g/mol. The molecule has 2 aromatic heterocycles. The van der Waals surface area contributed by atoms with Crippen molar-refractivity contribution in [2.75, 3.05) is 0 Å². The fourth-order valence-electron chi connectivity index (χ4n) is 1.42. The molecular formula is C9H11N3. The molecule has 2 rings (SSSR count). The number of rotatable bonds is 0. The van der Waals surface area contributed by atoms with Crippen molar-refractivity contribution >= 4 is 5.52 Å². The van der Waals surface area contributed by atoms with Crippen LogP contribution in [-0.2, 0) is 0 Å². The van der Waals surface area contributed by atoms with Gasteiger partial charge >= 0.3 is 0 Å². The Hall–Kier alpha value is -1.38. The van der Waals surface area contributed by atoms with E-state index in [0.717, 1.165) is 22.7 Å². The quantitative estimate of drug-likeness (QED) is 0.588. The summed E-state index contributed by atoms with van der Waals surface area (Å²) in [6.07, 6.45) is 3.86. The average molecular weight is 161 g/mol.